The van der Waals surface area contributed by atoms with E-state index >= 15 is 0 Å². The second kappa shape index (κ2) is 8.42. The van der Waals surface area contributed by atoms with Crippen molar-refractivity contribution in [3.8, 4) is 5.88 Å². The van der Waals surface area contributed by atoms with Crippen molar-refractivity contribution in [2.24, 2.45) is 5.41 Å². The van der Waals surface area contributed by atoms with Crippen LogP contribution in [-0.2, 0) is 0 Å². The zero-order chi connectivity index (χ0) is 22.2. The lowest BCUT2D eigenvalue weighted by Crippen LogP contribution is -2.52. The molecule has 1 saturated carbocycles. The Kier molecular flexibility index (Phi) is 5.83. The summed E-state index contributed by atoms with van der Waals surface area (Å²) in [5, 5.41) is 2.89. The van der Waals surface area contributed by atoms with Gasteiger partial charge in [-0.2, -0.15) is 0 Å². The van der Waals surface area contributed by atoms with Gasteiger partial charge in [0.2, 0.25) is 5.88 Å². The molecule has 31 heavy (non-hydrogen) atoms. The first-order valence-corrected chi connectivity index (χ1v) is 10.7. The number of carbonyl (C=O) groups is 2. The number of hydrogen-bond donors (Lipinski definition) is 1. The molecular formula is C22H24ClFN4O3. The Hall–Kier alpha value is -2.74. The number of likely N-dealkylation sites (tertiary alicyclic amines) is 1. The van der Waals surface area contributed by atoms with Crippen LogP contribution in [0.15, 0.2) is 30.5 Å². The molecule has 0 bridgehead atoms. The van der Waals surface area contributed by atoms with Gasteiger partial charge in [0.1, 0.15) is 5.15 Å². The van der Waals surface area contributed by atoms with Gasteiger partial charge in [-0.3, -0.25) is 9.59 Å². The summed E-state index contributed by atoms with van der Waals surface area (Å²) in [5.74, 6) is -0.835. The number of nitrogens with zero attached hydrogens (tertiary/aromatic N) is 3. The van der Waals surface area contributed by atoms with E-state index in [1.54, 1.807) is 18.3 Å². The average molecular weight is 447 g/mol. The van der Waals surface area contributed by atoms with Crippen molar-refractivity contribution in [3.05, 3.63) is 52.7 Å². The standard InChI is InChI=1S/C22H24ClFN4O3/c1-13(2)31-18-6-3-14(11-25-18)21(30)28-8-7-22(12-28)9-15(10-22)26-20(29)19-16(24)4-5-17(23)27-19/h3-6,11,13,15H,7-10,12H2,1-2H3,(H,26,29). The smallest absolute Gasteiger partial charge is 0.273 e. The maximum absolute atomic E-state index is 13.8. The fraction of sp³-hybridized carbons (Fsp3) is 0.455. The van der Waals surface area contributed by atoms with Crippen LogP contribution >= 0.6 is 11.6 Å². The van der Waals surface area contributed by atoms with Crippen molar-refractivity contribution in [2.75, 3.05) is 13.1 Å². The van der Waals surface area contributed by atoms with E-state index < -0.39 is 11.7 Å². The molecule has 1 aliphatic carbocycles. The van der Waals surface area contributed by atoms with Crippen LogP contribution in [0, 0.1) is 11.2 Å². The van der Waals surface area contributed by atoms with E-state index in [0.29, 0.717) is 24.5 Å². The number of nitrogens with one attached hydrogen (secondary N) is 1. The fourth-order valence-corrected chi connectivity index (χ4v) is 4.51. The molecule has 2 fully saturated rings. The quantitative estimate of drug-likeness (QED) is 0.711. The Morgan fingerprint density at radius 3 is 2.74 bits per heavy atom. The van der Waals surface area contributed by atoms with E-state index in [4.69, 9.17) is 16.3 Å². The highest BCUT2D eigenvalue weighted by atomic mass is 35.5. The monoisotopic (exact) mass is 446 g/mol. The van der Waals surface area contributed by atoms with Crippen LogP contribution in [0.5, 0.6) is 5.88 Å². The number of carbonyl (C=O) groups excluding carboxylic acids is 2. The van der Waals surface area contributed by atoms with Crippen molar-refractivity contribution in [1.29, 1.82) is 0 Å². The molecule has 2 aromatic heterocycles. The van der Waals surface area contributed by atoms with E-state index in [-0.39, 0.29) is 34.3 Å². The van der Waals surface area contributed by atoms with Crippen LogP contribution in [0.1, 0.15) is 54.0 Å². The van der Waals surface area contributed by atoms with E-state index in [0.717, 1.165) is 25.3 Å². The molecule has 2 aromatic rings. The van der Waals surface area contributed by atoms with Gasteiger partial charge in [-0.15, -0.1) is 0 Å². The SMILES string of the molecule is CC(C)Oc1ccc(C(=O)N2CCC3(CC(NC(=O)c4nc(Cl)ccc4F)C3)C2)cn1. The molecule has 2 amide bonds. The normalized spacial score (nSPS) is 22.5. The second-order valence-corrected chi connectivity index (χ2v) is 8.96. The van der Waals surface area contributed by atoms with Gasteiger partial charge >= 0.3 is 0 Å². The predicted octanol–water partition coefficient (Wildman–Crippen LogP) is 3.48. The summed E-state index contributed by atoms with van der Waals surface area (Å²) in [6.07, 6.45) is 3.91. The minimum Gasteiger partial charge on any atom is -0.475 e. The van der Waals surface area contributed by atoms with Gasteiger partial charge in [0, 0.05) is 31.4 Å². The number of halogens is 2. The Labute approximate surface area is 185 Å². The van der Waals surface area contributed by atoms with Gasteiger partial charge in [-0.25, -0.2) is 14.4 Å². The number of aromatic nitrogens is 2. The molecule has 0 atom stereocenters. The first-order chi connectivity index (χ1) is 14.7. The number of hydrogen-bond acceptors (Lipinski definition) is 5. The lowest BCUT2D eigenvalue weighted by molar-refractivity contribution is 0.0606. The summed E-state index contributed by atoms with van der Waals surface area (Å²) in [6.45, 7) is 5.13. The van der Waals surface area contributed by atoms with Crippen LogP contribution in [0.25, 0.3) is 0 Å². The molecule has 0 radical (unpaired) electrons. The molecule has 7 nitrogen and oxygen atoms in total. The van der Waals surface area contributed by atoms with Crippen molar-refractivity contribution in [1.82, 2.24) is 20.2 Å². The fourth-order valence-electron chi connectivity index (χ4n) is 4.36. The summed E-state index contributed by atoms with van der Waals surface area (Å²) in [6, 6.07) is 5.79. The summed E-state index contributed by atoms with van der Waals surface area (Å²) >= 11 is 5.76. The number of rotatable bonds is 5. The molecule has 9 heteroatoms. The minimum atomic E-state index is -0.702. The Balaban J connectivity index is 1.31. The molecule has 4 rings (SSSR count). The largest absolute Gasteiger partial charge is 0.475 e. The summed E-state index contributed by atoms with van der Waals surface area (Å²) in [4.78, 5) is 35.0. The molecule has 3 heterocycles. The highest BCUT2D eigenvalue weighted by Gasteiger charge is 2.50. The lowest BCUT2D eigenvalue weighted by atomic mass is 9.65. The molecule has 2 aliphatic rings. The summed E-state index contributed by atoms with van der Waals surface area (Å²) < 4.78 is 19.4. The van der Waals surface area contributed by atoms with Crippen LogP contribution in [-0.4, -0.2) is 51.9 Å². The molecular weight excluding hydrogens is 423 g/mol. The number of pyridine rings is 2. The van der Waals surface area contributed by atoms with Crippen LogP contribution in [0.2, 0.25) is 5.15 Å². The van der Waals surface area contributed by atoms with Gasteiger partial charge in [0.25, 0.3) is 11.8 Å². The van der Waals surface area contributed by atoms with Gasteiger partial charge in [-0.1, -0.05) is 11.6 Å². The predicted molar refractivity (Wildman–Crippen MR) is 113 cm³/mol. The molecule has 1 N–H and O–H groups in total. The first kappa shape index (κ1) is 21.5. The molecule has 0 unspecified atom stereocenters. The van der Waals surface area contributed by atoms with Gasteiger partial charge in [0.15, 0.2) is 11.5 Å². The van der Waals surface area contributed by atoms with E-state index in [9.17, 15) is 14.0 Å². The van der Waals surface area contributed by atoms with E-state index in [2.05, 4.69) is 15.3 Å². The van der Waals surface area contributed by atoms with Crippen molar-refractivity contribution in [2.45, 2.75) is 45.3 Å². The molecule has 1 spiro atoms. The van der Waals surface area contributed by atoms with E-state index in [1.807, 2.05) is 18.7 Å². The van der Waals surface area contributed by atoms with Crippen LogP contribution in [0.3, 0.4) is 0 Å². The Bertz CT molecular complexity index is 993. The molecule has 1 aliphatic heterocycles. The molecule has 164 valence electrons. The Morgan fingerprint density at radius 1 is 1.29 bits per heavy atom. The van der Waals surface area contributed by atoms with Gasteiger partial charge < -0.3 is 15.0 Å². The third-order valence-corrected chi connectivity index (χ3v) is 6.00. The van der Waals surface area contributed by atoms with Crippen LogP contribution < -0.4 is 10.1 Å². The topological polar surface area (TPSA) is 84.4 Å². The molecule has 1 saturated heterocycles. The zero-order valence-corrected chi connectivity index (χ0v) is 18.2. The number of ether oxygens (including phenoxy) is 1. The third-order valence-electron chi connectivity index (χ3n) is 5.79. The van der Waals surface area contributed by atoms with Crippen molar-refractivity contribution in [3.63, 3.8) is 0 Å². The number of amides is 2. The lowest BCUT2D eigenvalue weighted by Gasteiger charge is -2.45. The first-order valence-electron chi connectivity index (χ1n) is 10.3. The second-order valence-electron chi connectivity index (χ2n) is 8.57. The highest BCUT2D eigenvalue weighted by Crippen LogP contribution is 2.48. The van der Waals surface area contributed by atoms with Crippen LogP contribution in [0.4, 0.5) is 4.39 Å². The van der Waals surface area contributed by atoms with E-state index in [1.165, 1.54) is 6.07 Å². The Morgan fingerprint density at radius 2 is 2.06 bits per heavy atom. The van der Waals surface area contributed by atoms with Gasteiger partial charge in [-0.05, 0) is 56.7 Å². The zero-order valence-electron chi connectivity index (χ0n) is 17.4. The maximum atomic E-state index is 13.8. The summed E-state index contributed by atoms with van der Waals surface area (Å²) in [5.41, 5.74) is 0.219. The average Bonchev–Trinajstić information content (AvgIpc) is 3.14. The van der Waals surface area contributed by atoms with Crippen molar-refractivity contribution >= 4 is 23.4 Å². The highest BCUT2D eigenvalue weighted by molar-refractivity contribution is 6.29. The summed E-state index contributed by atoms with van der Waals surface area (Å²) in [7, 11) is 0. The molecule has 0 aromatic carbocycles. The third kappa shape index (κ3) is 4.63. The van der Waals surface area contributed by atoms with Gasteiger partial charge in [0.05, 0.1) is 11.7 Å². The maximum Gasteiger partial charge on any atom is 0.273 e. The minimum absolute atomic E-state index is 0.0119. The van der Waals surface area contributed by atoms with Crippen molar-refractivity contribution < 1.29 is 18.7 Å².